The Kier molecular flexibility index (Phi) is 9.91. The largest absolute Gasteiger partial charge is 0.331 e. The van der Waals surface area contributed by atoms with Crippen LogP contribution in [0, 0.1) is 0 Å². The second kappa shape index (κ2) is 13.0. The molecule has 0 bridgehead atoms. The van der Waals surface area contributed by atoms with Gasteiger partial charge < -0.3 is 0 Å². The fourth-order valence-corrected chi connectivity index (χ4v) is 5.85. The van der Waals surface area contributed by atoms with E-state index in [1.165, 1.54) is 29.3 Å². The van der Waals surface area contributed by atoms with Crippen molar-refractivity contribution in [3.8, 4) is 0 Å². The smallest absolute Gasteiger partial charge is 0.260 e. The third-order valence-corrected chi connectivity index (χ3v) is 8.97. The molecule has 0 unspecified atom stereocenters. The van der Waals surface area contributed by atoms with Crippen molar-refractivity contribution in [1.29, 1.82) is 0 Å². The average molecular weight is 687 g/mol. The van der Waals surface area contributed by atoms with Gasteiger partial charge in [0.05, 0.1) is 27.2 Å². The summed E-state index contributed by atoms with van der Waals surface area (Å²) in [7, 11) is -9.63. The molecule has 0 saturated heterocycles. The maximum Gasteiger partial charge on any atom is 0.331 e. The molecular formula is C27H22F8N2O6S2. The van der Waals surface area contributed by atoms with Gasteiger partial charge in [0.15, 0.2) is 0 Å². The van der Waals surface area contributed by atoms with E-state index >= 15 is 0 Å². The van der Waals surface area contributed by atoms with Gasteiger partial charge in [-0.2, -0.15) is 39.5 Å². The minimum Gasteiger partial charge on any atom is -0.260 e. The maximum atomic E-state index is 13.2. The predicted octanol–water partition coefficient (Wildman–Crippen LogP) is 6.25. The van der Waals surface area contributed by atoms with Crippen LogP contribution in [-0.4, -0.2) is 60.5 Å². The first-order valence-electron chi connectivity index (χ1n) is 12.7. The van der Waals surface area contributed by atoms with Crippen LogP contribution >= 0.6 is 0 Å². The van der Waals surface area contributed by atoms with Gasteiger partial charge in [0.25, 0.3) is 20.2 Å². The second-order valence-corrected chi connectivity index (χ2v) is 12.8. The zero-order valence-electron chi connectivity index (χ0n) is 22.5. The van der Waals surface area contributed by atoms with Crippen LogP contribution in [-0.2, 0) is 28.6 Å². The summed E-state index contributed by atoms with van der Waals surface area (Å²) in [5, 5.41) is 6.08. The third-order valence-electron chi connectivity index (χ3n) is 6.41. The molecule has 18 heteroatoms. The Labute approximate surface area is 252 Å². The fraction of sp³-hybridized carbons (Fsp3) is 0.296. The van der Waals surface area contributed by atoms with Crippen molar-refractivity contribution in [2.45, 2.75) is 46.9 Å². The number of benzene rings is 3. The fourth-order valence-electron chi connectivity index (χ4n) is 4.01. The van der Waals surface area contributed by atoms with Crippen LogP contribution in [0.2, 0.25) is 0 Å². The van der Waals surface area contributed by atoms with Crippen LogP contribution < -0.4 is 5.01 Å². The van der Waals surface area contributed by atoms with Crippen LogP contribution in [0.15, 0.2) is 93.8 Å². The number of halogens is 8. The first-order valence-corrected chi connectivity index (χ1v) is 15.5. The van der Waals surface area contributed by atoms with E-state index in [-0.39, 0.29) is 6.42 Å². The van der Waals surface area contributed by atoms with Crippen molar-refractivity contribution in [3.05, 3.63) is 90.0 Å². The van der Waals surface area contributed by atoms with Crippen molar-refractivity contribution >= 4 is 31.6 Å². The number of alkyl halides is 8. The summed E-state index contributed by atoms with van der Waals surface area (Å²) in [4.78, 5) is -1.15. The van der Waals surface area contributed by atoms with E-state index in [2.05, 4.69) is 13.5 Å². The number of nitrogens with zero attached hydrogens (tertiary/aromatic N) is 2. The lowest BCUT2D eigenvalue weighted by Crippen LogP contribution is -2.33. The molecule has 0 fully saturated rings. The molecule has 1 aliphatic heterocycles. The lowest BCUT2D eigenvalue weighted by Gasteiger charge is -2.24. The number of hydrogen-bond donors (Lipinski definition) is 0. The zero-order valence-corrected chi connectivity index (χ0v) is 24.2. The van der Waals surface area contributed by atoms with Gasteiger partial charge in [-0.25, -0.2) is 17.6 Å². The van der Waals surface area contributed by atoms with Gasteiger partial charge in [-0.1, -0.05) is 42.5 Å². The highest BCUT2D eigenvalue weighted by molar-refractivity contribution is 7.87. The highest BCUT2D eigenvalue weighted by atomic mass is 32.2. The average Bonchev–Trinajstić information content (AvgIpc) is 3.45. The van der Waals surface area contributed by atoms with E-state index in [1.54, 1.807) is 30.3 Å². The lowest BCUT2D eigenvalue weighted by atomic mass is 9.98. The van der Waals surface area contributed by atoms with Gasteiger partial charge >= 0.3 is 24.7 Å². The van der Waals surface area contributed by atoms with Gasteiger partial charge in [-0.3, -0.25) is 13.4 Å². The lowest BCUT2D eigenvalue weighted by molar-refractivity contribution is -0.147. The summed E-state index contributed by atoms with van der Waals surface area (Å²) in [6.07, 6.45) is -8.03. The van der Waals surface area contributed by atoms with E-state index in [4.69, 9.17) is 0 Å². The number of hydrazone groups is 1. The van der Waals surface area contributed by atoms with Crippen molar-refractivity contribution in [1.82, 2.24) is 0 Å². The molecule has 45 heavy (non-hydrogen) atoms. The summed E-state index contributed by atoms with van der Waals surface area (Å²) in [6, 6.07) is 17.6. The first kappa shape index (κ1) is 34.3. The van der Waals surface area contributed by atoms with Crippen LogP contribution in [0.4, 0.5) is 40.8 Å². The SMILES string of the molecule is O=S(=O)(OCC(F)(F)C(F)F)c1ccc(C2=NN(c3ccc(S(=O)(=O)OCC(F)(F)C(F)F)cc3)[C@H](c3ccccc3)C2)cc1. The molecule has 3 aromatic rings. The molecule has 0 saturated carbocycles. The van der Waals surface area contributed by atoms with Crippen LogP contribution in [0.5, 0.6) is 0 Å². The third kappa shape index (κ3) is 7.98. The standard InChI is InChI=1S/C27H22F8N2O6S2/c28-24(29)26(32,33)15-42-44(38,39)20-10-6-17(7-11-20)22-14-23(18-4-2-1-3-5-18)37(36-22)19-8-12-21(13-9-19)45(40,41)43-16-27(34,35)25(30)31/h1-13,23-25H,14-16H2/t23-/m0/s1. The molecule has 244 valence electrons. The molecule has 1 aliphatic rings. The Morgan fingerprint density at radius 2 is 1.16 bits per heavy atom. The van der Waals surface area contributed by atoms with Gasteiger partial charge in [-0.15, -0.1) is 0 Å². The van der Waals surface area contributed by atoms with E-state index in [0.29, 0.717) is 17.0 Å². The Bertz CT molecular complexity index is 1720. The molecule has 0 aromatic heterocycles. The molecular weight excluding hydrogens is 664 g/mol. The van der Waals surface area contributed by atoms with Crippen LogP contribution in [0.1, 0.15) is 23.6 Å². The van der Waals surface area contributed by atoms with E-state index in [0.717, 1.165) is 29.8 Å². The summed E-state index contributed by atoms with van der Waals surface area (Å²) < 4.78 is 160. The van der Waals surface area contributed by atoms with Crippen LogP contribution in [0.25, 0.3) is 0 Å². The number of anilines is 1. The second-order valence-electron chi connectivity index (χ2n) is 9.60. The normalized spacial score (nSPS) is 16.4. The Hall–Kier alpha value is -3.61. The molecule has 0 N–H and O–H groups in total. The maximum absolute atomic E-state index is 13.2. The molecule has 0 aliphatic carbocycles. The molecule has 0 amide bonds. The Balaban J connectivity index is 1.58. The highest BCUT2D eigenvalue weighted by Gasteiger charge is 2.43. The topological polar surface area (TPSA) is 102 Å². The van der Waals surface area contributed by atoms with Crippen LogP contribution in [0.3, 0.4) is 0 Å². The van der Waals surface area contributed by atoms with Crippen molar-refractivity contribution < 1.29 is 60.3 Å². The molecule has 0 spiro atoms. The molecule has 1 heterocycles. The van der Waals surface area contributed by atoms with Gasteiger partial charge in [0.2, 0.25) is 0 Å². The highest BCUT2D eigenvalue weighted by Crippen LogP contribution is 2.37. The van der Waals surface area contributed by atoms with E-state index in [1.807, 2.05) is 0 Å². The predicted molar refractivity (Wildman–Crippen MR) is 144 cm³/mol. The zero-order chi connectivity index (χ0) is 33.2. The molecule has 0 radical (unpaired) electrons. The molecule has 1 atom stereocenters. The summed E-state index contributed by atoms with van der Waals surface area (Å²) in [6.45, 7) is -4.11. The summed E-state index contributed by atoms with van der Waals surface area (Å²) >= 11 is 0. The first-order chi connectivity index (χ1) is 20.9. The van der Waals surface area contributed by atoms with Crippen molar-refractivity contribution in [2.24, 2.45) is 5.10 Å². The van der Waals surface area contributed by atoms with E-state index < -0.39 is 74.0 Å². The minimum absolute atomic E-state index is 0.235. The molecule has 8 nitrogen and oxygen atoms in total. The number of hydrogen-bond acceptors (Lipinski definition) is 8. The molecule has 4 rings (SSSR count). The monoisotopic (exact) mass is 686 g/mol. The van der Waals surface area contributed by atoms with E-state index in [9.17, 15) is 52.0 Å². The molecule has 3 aromatic carbocycles. The van der Waals surface area contributed by atoms with Crippen molar-refractivity contribution in [2.75, 3.05) is 18.2 Å². The minimum atomic E-state index is -4.83. The van der Waals surface area contributed by atoms with Gasteiger partial charge in [0.1, 0.15) is 13.2 Å². The number of rotatable bonds is 13. The Morgan fingerprint density at radius 1 is 0.711 bits per heavy atom. The Morgan fingerprint density at radius 3 is 1.60 bits per heavy atom. The van der Waals surface area contributed by atoms with Crippen molar-refractivity contribution in [3.63, 3.8) is 0 Å². The summed E-state index contributed by atoms with van der Waals surface area (Å²) in [5.41, 5.74) is 1.89. The summed E-state index contributed by atoms with van der Waals surface area (Å²) in [5.74, 6) is -9.37. The van der Waals surface area contributed by atoms with Gasteiger partial charge in [0, 0.05) is 6.42 Å². The quantitative estimate of drug-likeness (QED) is 0.155. The van der Waals surface area contributed by atoms with Gasteiger partial charge in [-0.05, 0) is 47.5 Å².